The molecule has 3 aromatic rings. The van der Waals surface area contributed by atoms with Gasteiger partial charge in [0.1, 0.15) is 30.0 Å². The van der Waals surface area contributed by atoms with Gasteiger partial charge in [-0.3, -0.25) is 4.79 Å². The van der Waals surface area contributed by atoms with E-state index in [-0.39, 0.29) is 22.4 Å². The summed E-state index contributed by atoms with van der Waals surface area (Å²) in [6.45, 7) is 0.757. The number of aromatic nitrogens is 3. The fourth-order valence-electron chi connectivity index (χ4n) is 5.41. The highest BCUT2D eigenvalue weighted by atomic mass is 79.9. The van der Waals surface area contributed by atoms with E-state index in [0.717, 1.165) is 0 Å². The molecule has 0 bridgehead atoms. The SMILES string of the molecule is CO[C@@H]1[C@@H](n2cc(-c3ccc(C)c(F)c3F)nn2)[C@@H](O)[C@@H](CO)O[C@H]1C(=O)N(c1cc(Br)cc(C#N)c1)[C@@H]1CC[C@H]1O. The Morgan fingerprint density at radius 1 is 1.26 bits per heavy atom. The quantitative estimate of drug-likeness (QED) is 0.351. The molecular formula is C28H28BrF2N5O6. The first-order valence-electron chi connectivity index (χ1n) is 13.1. The number of hydrogen-bond acceptors (Lipinski definition) is 9. The molecule has 0 spiro atoms. The first-order chi connectivity index (χ1) is 20.1. The summed E-state index contributed by atoms with van der Waals surface area (Å²) in [4.78, 5) is 15.6. The zero-order chi connectivity index (χ0) is 30.3. The summed E-state index contributed by atoms with van der Waals surface area (Å²) in [5.74, 6) is -2.78. The van der Waals surface area contributed by atoms with Crippen molar-refractivity contribution in [3.8, 4) is 17.3 Å². The van der Waals surface area contributed by atoms with Crippen LogP contribution >= 0.6 is 15.9 Å². The number of hydrogen-bond donors (Lipinski definition) is 3. The normalized spacial score (nSPS) is 27.3. The van der Waals surface area contributed by atoms with Gasteiger partial charge in [0, 0.05) is 22.8 Å². The average Bonchev–Trinajstić information content (AvgIpc) is 3.46. The molecule has 1 saturated heterocycles. The van der Waals surface area contributed by atoms with E-state index in [4.69, 9.17) is 9.47 Å². The van der Waals surface area contributed by atoms with Crippen LogP contribution in [0.4, 0.5) is 14.5 Å². The Hall–Kier alpha value is -3.32. The standard InChI is InChI=1S/C28H28BrF2N5O6/c1-13-3-4-17(23(31)22(13)30)18-11-35(34-33-18)24-25(39)21(12-37)42-27(26(24)41-2)28(40)36(19-5-6-20(19)38)16-8-14(10-32)7-15(29)9-16/h3-4,7-9,11,19-21,24-27,37-39H,5-6,12H2,1-2H3/t19-,20-,21-,24+,25+,26-,27-/m1/s1. The molecule has 2 aromatic carbocycles. The lowest BCUT2D eigenvalue weighted by Crippen LogP contribution is -2.64. The van der Waals surface area contributed by atoms with Crippen LogP contribution in [0.5, 0.6) is 0 Å². The number of amides is 1. The molecular weight excluding hydrogens is 620 g/mol. The number of methoxy groups -OCH3 is 1. The second-order valence-corrected chi connectivity index (χ2v) is 11.2. The summed E-state index contributed by atoms with van der Waals surface area (Å²) in [7, 11) is 1.30. The molecule has 0 unspecified atom stereocenters. The summed E-state index contributed by atoms with van der Waals surface area (Å²) in [6.07, 6.45) is -3.93. The molecule has 0 radical (unpaired) electrons. The van der Waals surface area contributed by atoms with E-state index < -0.39 is 66.8 Å². The number of carbonyl (C=O) groups is 1. The second-order valence-electron chi connectivity index (χ2n) is 10.3. The van der Waals surface area contributed by atoms with Gasteiger partial charge in [-0.15, -0.1) is 5.10 Å². The van der Waals surface area contributed by atoms with Gasteiger partial charge in [0.2, 0.25) is 0 Å². The highest BCUT2D eigenvalue weighted by Crippen LogP contribution is 2.38. The first-order valence-corrected chi connectivity index (χ1v) is 13.9. The highest BCUT2D eigenvalue weighted by molar-refractivity contribution is 9.10. The van der Waals surface area contributed by atoms with E-state index in [0.29, 0.717) is 23.0 Å². The molecule has 1 aliphatic heterocycles. The summed E-state index contributed by atoms with van der Waals surface area (Å²) in [5, 5.41) is 49.3. The van der Waals surface area contributed by atoms with Crippen LogP contribution in [0.15, 0.2) is 41.0 Å². The van der Waals surface area contributed by atoms with Crippen LogP contribution < -0.4 is 4.90 Å². The molecule has 1 saturated carbocycles. The molecule has 5 rings (SSSR count). The van der Waals surface area contributed by atoms with Gasteiger partial charge >= 0.3 is 0 Å². The van der Waals surface area contributed by atoms with Gasteiger partial charge < -0.3 is 29.7 Å². The molecule has 11 nitrogen and oxygen atoms in total. The predicted octanol–water partition coefficient (Wildman–Crippen LogP) is 2.40. The molecule has 1 amide bonds. The minimum absolute atomic E-state index is 0.0271. The monoisotopic (exact) mass is 647 g/mol. The van der Waals surface area contributed by atoms with Crippen molar-refractivity contribution < 1.29 is 38.4 Å². The maximum absolute atomic E-state index is 14.7. The third kappa shape index (κ3) is 5.32. The Labute approximate surface area is 248 Å². The fraction of sp³-hybridized carbons (Fsp3) is 0.429. The number of nitriles is 1. The van der Waals surface area contributed by atoms with Crippen molar-refractivity contribution in [2.45, 2.75) is 62.4 Å². The van der Waals surface area contributed by atoms with Gasteiger partial charge in [-0.05, 0) is 49.6 Å². The van der Waals surface area contributed by atoms with Gasteiger partial charge in [-0.1, -0.05) is 27.2 Å². The number of ether oxygens (including phenoxy) is 2. The zero-order valence-corrected chi connectivity index (χ0v) is 24.1. The molecule has 2 aliphatic rings. The molecule has 42 heavy (non-hydrogen) atoms. The van der Waals surface area contributed by atoms with Gasteiger partial charge in [-0.25, -0.2) is 13.5 Å². The largest absolute Gasteiger partial charge is 0.394 e. The molecule has 1 aromatic heterocycles. The van der Waals surface area contributed by atoms with Crippen molar-refractivity contribution in [2.24, 2.45) is 0 Å². The Bertz CT molecular complexity index is 1530. The summed E-state index contributed by atoms with van der Waals surface area (Å²) in [5.41, 5.74) is 0.537. The number of anilines is 1. The van der Waals surface area contributed by atoms with Gasteiger partial charge in [-0.2, -0.15) is 5.26 Å². The smallest absolute Gasteiger partial charge is 0.259 e. The Balaban J connectivity index is 1.54. The van der Waals surface area contributed by atoms with E-state index in [1.54, 1.807) is 12.1 Å². The van der Waals surface area contributed by atoms with Gasteiger partial charge in [0.25, 0.3) is 5.91 Å². The van der Waals surface area contributed by atoms with Crippen LogP contribution in [-0.4, -0.2) is 86.5 Å². The first kappa shape index (κ1) is 30.1. The maximum atomic E-state index is 14.7. The van der Waals surface area contributed by atoms with Crippen molar-refractivity contribution in [1.29, 1.82) is 5.26 Å². The molecule has 2 heterocycles. The number of nitrogens with zero attached hydrogens (tertiary/aromatic N) is 5. The van der Waals surface area contributed by atoms with Crippen LogP contribution in [0.2, 0.25) is 0 Å². The van der Waals surface area contributed by atoms with Crippen molar-refractivity contribution >= 4 is 27.5 Å². The second kappa shape index (κ2) is 12.1. The highest BCUT2D eigenvalue weighted by Gasteiger charge is 2.52. The van der Waals surface area contributed by atoms with Gasteiger partial charge in [0.05, 0.1) is 36.6 Å². The van der Waals surface area contributed by atoms with Crippen LogP contribution in [-0.2, 0) is 14.3 Å². The Morgan fingerprint density at radius 3 is 2.64 bits per heavy atom. The van der Waals surface area contributed by atoms with E-state index >= 15 is 0 Å². The molecule has 222 valence electrons. The van der Waals surface area contributed by atoms with Crippen LogP contribution in [0.1, 0.15) is 30.0 Å². The number of aryl methyl sites for hydroxylation is 1. The molecule has 3 N–H and O–H groups in total. The maximum Gasteiger partial charge on any atom is 0.259 e. The minimum Gasteiger partial charge on any atom is -0.394 e. The average molecular weight is 648 g/mol. The lowest BCUT2D eigenvalue weighted by molar-refractivity contribution is -0.211. The van der Waals surface area contributed by atoms with Crippen molar-refractivity contribution in [1.82, 2.24) is 15.0 Å². The number of benzene rings is 2. The third-order valence-electron chi connectivity index (χ3n) is 7.81. The van der Waals surface area contributed by atoms with Crippen molar-refractivity contribution in [3.63, 3.8) is 0 Å². The molecule has 1 aliphatic carbocycles. The minimum atomic E-state index is -1.45. The molecule has 2 fully saturated rings. The fourth-order valence-corrected chi connectivity index (χ4v) is 5.89. The lowest BCUT2D eigenvalue weighted by atomic mass is 9.85. The number of carbonyl (C=O) groups excluding carboxylic acids is 1. The number of aliphatic hydroxyl groups is 3. The van der Waals surface area contributed by atoms with Crippen LogP contribution in [0.3, 0.4) is 0 Å². The summed E-state index contributed by atoms with van der Waals surface area (Å²) >= 11 is 3.36. The summed E-state index contributed by atoms with van der Waals surface area (Å²) < 4.78 is 42.3. The number of halogens is 3. The molecule has 7 atom stereocenters. The Morgan fingerprint density at radius 2 is 2.02 bits per heavy atom. The van der Waals surface area contributed by atoms with E-state index in [9.17, 15) is 34.2 Å². The van der Waals surface area contributed by atoms with Crippen molar-refractivity contribution in [3.05, 3.63) is 63.8 Å². The van der Waals surface area contributed by atoms with E-state index in [1.165, 1.54) is 48.0 Å². The Kier molecular flexibility index (Phi) is 8.70. The zero-order valence-electron chi connectivity index (χ0n) is 22.6. The van der Waals surface area contributed by atoms with E-state index in [1.807, 2.05) is 6.07 Å². The van der Waals surface area contributed by atoms with Crippen LogP contribution in [0.25, 0.3) is 11.3 Å². The summed E-state index contributed by atoms with van der Waals surface area (Å²) in [6, 6.07) is 7.73. The van der Waals surface area contributed by atoms with Crippen molar-refractivity contribution in [2.75, 3.05) is 18.6 Å². The lowest BCUT2D eigenvalue weighted by Gasteiger charge is -2.47. The topological polar surface area (TPSA) is 154 Å². The predicted molar refractivity (Wildman–Crippen MR) is 147 cm³/mol. The number of rotatable bonds is 7. The third-order valence-corrected chi connectivity index (χ3v) is 8.27. The van der Waals surface area contributed by atoms with E-state index in [2.05, 4.69) is 26.2 Å². The molecule has 14 heteroatoms. The van der Waals surface area contributed by atoms with Crippen LogP contribution in [0, 0.1) is 29.9 Å². The number of aliphatic hydroxyl groups excluding tert-OH is 3. The van der Waals surface area contributed by atoms with Gasteiger partial charge in [0.15, 0.2) is 17.7 Å².